The van der Waals surface area contributed by atoms with Crippen molar-refractivity contribution in [1.82, 2.24) is 10.9 Å². The maximum Gasteiger partial charge on any atom is 0.305 e. The topological polar surface area (TPSA) is 71.3 Å². The van der Waals surface area contributed by atoms with Gasteiger partial charge in [-0.25, -0.2) is 0 Å². The molecule has 1 aromatic carbocycles. The van der Waals surface area contributed by atoms with Gasteiger partial charge in [0.2, 0.25) is 0 Å². The highest BCUT2D eigenvalue weighted by Crippen LogP contribution is 2.17. The summed E-state index contributed by atoms with van der Waals surface area (Å²) in [5.41, 5.74) is 6.05. The average Bonchev–Trinajstić information content (AvgIpc) is 2.92. The molecular weight excluding hydrogens is 312 g/mol. The second-order valence-corrected chi connectivity index (χ2v) is 4.70. The number of amides is 2. The third-order valence-electron chi connectivity index (χ3n) is 2.47. The zero-order valence-electron chi connectivity index (χ0n) is 10.1. The number of hydrogen-bond donors (Lipinski definition) is 2. The molecule has 0 bridgehead atoms. The number of benzene rings is 1. The summed E-state index contributed by atoms with van der Waals surface area (Å²) in [4.78, 5) is 23.3. The van der Waals surface area contributed by atoms with Crippen molar-refractivity contribution in [2.45, 2.75) is 6.92 Å². The number of carbonyl (C=O) groups is 2. The van der Waals surface area contributed by atoms with Gasteiger partial charge in [0.1, 0.15) is 0 Å². The van der Waals surface area contributed by atoms with Crippen molar-refractivity contribution < 1.29 is 14.0 Å². The fourth-order valence-corrected chi connectivity index (χ4v) is 1.77. The number of hydrazine groups is 1. The van der Waals surface area contributed by atoms with Crippen molar-refractivity contribution in [3.63, 3.8) is 0 Å². The van der Waals surface area contributed by atoms with E-state index in [4.69, 9.17) is 4.42 Å². The van der Waals surface area contributed by atoms with Gasteiger partial charge in [0.25, 0.3) is 5.91 Å². The Kier molecular flexibility index (Phi) is 4.01. The molecule has 2 aromatic rings. The Labute approximate surface area is 118 Å². The van der Waals surface area contributed by atoms with E-state index in [2.05, 4.69) is 26.8 Å². The second-order valence-electron chi connectivity index (χ2n) is 3.85. The van der Waals surface area contributed by atoms with Crippen molar-refractivity contribution in [3.8, 4) is 0 Å². The lowest BCUT2D eigenvalue weighted by atomic mass is 10.1. The number of furan rings is 1. The maximum absolute atomic E-state index is 11.8. The maximum atomic E-state index is 11.8. The molecular formula is C13H11BrN2O3. The van der Waals surface area contributed by atoms with Crippen LogP contribution in [0.3, 0.4) is 0 Å². The summed E-state index contributed by atoms with van der Waals surface area (Å²) >= 11 is 3.34. The second kappa shape index (κ2) is 5.71. The normalized spacial score (nSPS) is 10.0. The molecule has 0 saturated carbocycles. The Hall–Kier alpha value is -2.08. The van der Waals surface area contributed by atoms with Crippen LogP contribution in [-0.2, 0) is 0 Å². The van der Waals surface area contributed by atoms with Crippen LogP contribution in [0.1, 0.15) is 26.5 Å². The van der Waals surface area contributed by atoms with Crippen LogP contribution in [0.15, 0.2) is 45.5 Å². The molecule has 19 heavy (non-hydrogen) atoms. The molecule has 0 aliphatic rings. The van der Waals surface area contributed by atoms with Gasteiger partial charge >= 0.3 is 5.91 Å². The highest BCUT2D eigenvalue weighted by Gasteiger charge is 2.11. The molecule has 2 N–H and O–H groups in total. The monoisotopic (exact) mass is 322 g/mol. The zero-order valence-corrected chi connectivity index (χ0v) is 11.7. The van der Waals surface area contributed by atoms with Gasteiger partial charge in [-0.05, 0) is 36.8 Å². The van der Waals surface area contributed by atoms with E-state index < -0.39 is 11.8 Å². The summed E-state index contributed by atoms with van der Waals surface area (Å²) in [7, 11) is 0. The van der Waals surface area contributed by atoms with Crippen LogP contribution in [-0.4, -0.2) is 11.8 Å². The van der Waals surface area contributed by atoms with Crippen LogP contribution in [0.25, 0.3) is 0 Å². The largest absolute Gasteiger partial charge is 0.459 e. The predicted molar refractivity (Wildman–Crippen MR) is 72.5 cm³/mol. The molecule has 2 amide bonds. The van der Waals surface area contributed by atoms with Gasteiger partial charge in [-0.3, -0.25) is 20.4 Å². The number of carbonyl (C=O) groups excluding carboxylic acids is 2. The smallest absolute Gasteiger partial charge is 0.305 e. The average molecular weight is 323 g/mol. The molecule has 98 valence electrons. The fraction of sp³-hybridized carbons (Fsp3) is 0.0769. The van der Waals surface area contributed by atoms with Gasteiger partial charge in [-0.1, -0.05) is 22.0 Å². The van der Waals surface area contributed by atoms with Gasteiger partial charge in [0.05, 0.1) is 6.26 Å². The quantitative estimate of drug-likeness (QED) is 0.834. The van der Waals surface area contributed by atoms with Gasteiger partial charge in [0.15, 0.2) is 5.76 Å². The molecule has 0 fully saturated rings. The lowest BCUT2D eigenvalue weighted by molar-refractivity contribution is 0.0831. The van der Waals surface area contributed by atoms with Gasteiger partial charge in [-0.2, -0.15) is 0 Å². The molecule has 0 unspecified atom stereocenters. The number of aryl methyl sites for hydroxylation is 1. The first-order valence-corrected chi connectivity index (χ1v) is 6.27. The summed E-state index contributed by atoms with van der Waals surface area (Å²) in [6.07, 6.45) is 1.38. The van der Waals surface area contributed by atoms with Crippen molar-refractivity contribution in [2.24, 2.45) is 0 Å². The third kappa shape index (κ3) is 3.23. The molecule has 0 aliphatic heterocycles. The van der Waals surface area contributed by atoms with E-state index in [9.17, 15) is 9.59 Å². The van der Waals surface area contributed by atoms with Crippen LogP contribution < -0.4 is 10.9 Å². The highest BCUT2D eigenvalue weighted by molar-refractivity contribution is 9.10. The molecule has 0 aliphatic carbocycles. The fourth-order valence-electron chi connectivity index (χ4n) is 1.39. The molecule has 6 heteroatoms. The van der Waals surface area contributed by atoms with E-state index in [-0.39, 0.29) is 5.76 Å². The molecule has 0 spiro atoms. The number of halogens is 1. The first kappa shape index (κ1) is 13.4. The Morgan fingerprint density at radius 2 is 1.89 bits per heavy atom. The molecule has 5 nitrogen and oxygen atoms in total. The zero-order chi connectivity index (χ0) is 13.8. The molecule has 0 saturated heterocycles. The molecule has 1 heterocycles. The number of rotatable bonds is 2. The number of nitrogens with one attached hydrogen (secondary N) is 2. The van der Waals surface area contributed by atoms with E-state index in [0.717, 1.165) is 10.0 Å². The Bertz CT molecular complexity index is 608. The molecule has 0 radical (unpaired) electrons. The Morgan fingerprint density at radius 1 is 1.16 bits per heavy atom. The minimum absolute atomic E-state index is 0.130. The van der Waals surface area contributed by atoms with Crippen LogP contribution in [0.5, 0.6) is 0 Å². The highest BCUT2D eigenvalue weighted by atomic mass is 79.9. The van der Waals surface area contributed by atoms with Crippen molar-refractivity contribution >= 4 is 27.7 Å². The van der Waals surface area contributed by atoms with E-state index in [0.29, 0.717) is 5.56 Å². The van der Waals surface area contributed by atoms with Gasteiger partial charge in [0, 0.05) is 10.0 Å². The van der Waals surface area contributed by atoms with E-state index >= 15 is 0 Å². The first-order valence-electron chi connectivity index (χ1n) is 5.48. The summed E-state index contributed by atoms with van der Waals surface area (Å²) in [6, 6.07) is 8.27. The lowest BCUT2D eigenvalue weighted by Gasteiger charge is -2.07. The predicted octanol–water partition coefficient (Wildman–Crippen LogP) is 2.43. The standard InChI is InChI=1S/C13H11BrN2O3/c1-8-4-5-9(7-10(8)14)12(17)15-16-13(18)11-3-2-6-19-11/h2-7H,1H3,(H,15,17)(H,16,18). The van der Waals surface area contributed by atoms with Gasteiger partial charge in [-0.15, -0.1) is 0 Å². The van der Waals surface area contributed by atoms with Gasteiger partial charge < -0.3 is 4.42 Å². The summed E-state index contributed by atoms with van der Waals surface area (Å²) in [5, 5.41) is 0. The van der Waals surface area contributed by atoms with E-state index in [1.807, 2.05) is 13.0 Å². The van der Waals surface area contributed by atoms with Crippen LogP contribution in [0.2, 0.25) is 0 Å². The Morgan fingerprint density at radius 3 is 2.53 bits per heavy atom. The van der Waals surface area contributed by atoms with Crippen molar-refractivity contribution in [3.05, 3.63) is 58.0 Å². The molecule has 1 aromatic heterocycles. The summed E-state index contributed by atoms with van der Waals surface area (Å²) < 4.78 is 5.73. The SMILES string of the molecule is Cc1ccc(C(=O)NNC(=O)c2ccco2)cc1Br. The third-order valence-corrected chi connectivity index (χ3v) is 3.32. The summed E-state index contributed by atoms with van der Waals surface area (Å²) in [5.74, 6) is -0.782. The minimum atomic E-state index is -0.510. The van der Waals surface area contributed by atoms with Crippen LogP contribution >= 0.6 is 15.9 Å². The van der Waals surface area contributed by atoms with Crippen LogP contribution in [0, 0.1) is 6.92 Å². The van der Waals surface area contributed by atoms with Crippen molar-refractivity contribution in [1.29, 1.82) is 0 Å². The molecule has 2 rings (SSSR count). The number of hydrogen-bond acceptors (Lipinski definition) is 3. The van der Waals surface area contributed by atoms with E-state index in [1.165, 1.54) is 12.3 Å². The molecule has 0 atom stereocenters. The van der Waals surface area contributed by atoms with Crippen LogP contribution in [0.4, 0.5) is 0 Å². The van der Waals surface area contributed by atoms with Crippen molar-refractivity contribution in [2.75, 3.05) is 0 Å². The summed E-state index contributed by atoms with van der Waals surface area (Å²) in [6.45, 7) is 1.92. The lowest BCUT2D eigenvalue weighted by Crippen LogP contribution is -2.41. The van der Waals surface area contributed by atoms with E-state index in [1.54, 1.807) is 18.2 Å². The first-order chi connectivity index (χ1) is 9.08. The minimum Gasteiger partial charge on any atom is -0.459 e. The Balaban J connectivity index is 1.98.